The Kier molecular flexibility index (Phi) is 22.4. The summed E-state index contributed by atoms with van der Waals surface area (Å²) in [6, 6.07) is 17.4. The minimum absolute atomic E-state index is 0.00387. The molecule has 0 fully saturated rings. The molecule has 8 rings (SSSR count). The third-order valence-electron chi connectivity index (χ3n) is 11.8. The molecule has 23 heteroatoms. The number of carboxylic acid groups (broad SMARTS) is 1. The molecular weight excluding hydrogens is 1010 g/mol. The predicted octanol–water partition coefficient (Wildman–Crippen LogP) is 4.81. The Hall–Kier alpha value is -8.22. The molecule has 4 heterocycles. The average molecular weight is 1070 g/mol. The summed E-state index contributed by atoms with van der Waals surface area (Å²) in [4.78, 5) is 62.6. The smallest absolute Gasteiger partial charge is 0.326 e. The third-order valence-corrected chi connectivity index (χ3v) is 11.8. The van der Waals surface area contributed by atoms with Gasteiger partial charge >= 0.3 is 5.97 Å². The van der Waals surface area contributed by atoms with E-state index in [4.69, 9.17) is 24.7 Å². The van der Waals surface area contributed by atoms with Crippen LogP contribution in [0.25, 0.3) is 43.6 Å². The van der Waals surface area contributed by atoms with Gasteiger partial charge in [-0.3, -0.25) is 14.4 Å². The van der Waals surface area contributed by atoms with Gasteiger partial charge in [0.1, 0.15) is 48.4 Å². The number of carbonyl (C=O) groups is 4. The van der Waals surface area contributed by atoms with E-state index in [9.17, 15) is 53.5 Å². The molecule has 0 unspecified atom stereocenters. The van der Waals surface area contributed by atoms with E-state index >= 15 is 0 Å². The molecule has 2 atom stereocenters. The van der Waals surface area contributed by atoms with Crippen LogP contribution in [-0.4, -0.2) is 161 Å². The number of aromatic hydroxyl groups is 4. The molecule has 0 radical (unpaired) electrons. The fraction of sp³-hybridized carbons (Fsp3) is 0.333. The molecule has 0 aliphatic heterocycles. The molecular formula is C54H64F2N8O13. The Morgan fingerprint density at radius 3 is 1.23 bits per heavy atom. The summed E-state index contributed by atoms with van der Waals surface area (Å²) in [6.07, 6.45) is 7.03. The highest BCUT2D eigenvalue weighted by atomic mass is 19.1. The summed E-state index contributed by atoms with van der Waals surface area (Å²) in [7, 11) is 0. The number of nitrogens with two attached hydrogens (primary N) is 1. The zero-order valence-electron chi connectivity index (χ0n) is 42.0. The first-order valence-electron chi connectivity index (χ1n) is 24.6. The molecule has 8 aromatic rings. The lowest BCUT2D eigenvalue weighted by molar-refractivity contribution is -0.141. The number of carbonyl (C=O) groups excluding carboxylic acids is 3. The second-order valence-corrected chi connectivity index (χ2v) is 17.4. The van der Waals surface area contributed by atoms with Gasteiger partial charge in [-0.2, -0.15) is 0 Å². The van der Waals surface area contributed by atoms with Crippen LogP contribution in [-0.2, 0) is 63.8 Å². The van der Waals surface area contributed by atoms with E-state index in [0.717, 1.165) is 38.4 Å². The highest BCUT2D eigenvalue weighted by molar-refractivity contribution is 5.94. The van der Waals surface area contributed by atoms with Gasteiger partial charge in [0.15, 0.2) is 0 Å². The molecule has 14 N–H and O–H groups in total. The standard InChI is InChI=1S/C27H31FN4O6.C21H19N3O5.C6H14FNO2/c28-5-7-37-9-10-38-8-6-29-27(36)25(11-17-15-30-23-3-1-19(33)13-21(17)23)32-26(35)12-18-16-31-24-4-2-20(34)14-22(18)24;25-13-1-3-17-15(7-13)11(9-22-17)5-19(21(28)29)24-20(27)6-12-10-23-18-4-2-14(26)8-16(12)18;7-1-3-9-5-6-10-4-2-8/h1-4,13-16,25,30-31,33-34H,5-12H2,(H,29,36)(H,32,35);1-4,7-10,19,22-23,25-26H,5-6H2,(H,24,27)(H,28,29);1-6,8H2/t25-;19-;/m00./s1. The largest absolute Gasteiger partial charge is 0.508 e. The molecule has 0 aliphatic carbocycles. The second-order valence-electron chi connectivity index (χ2n) is 17.4. The van der Waals surface area contributed by atoms with Gasteiger partial charge in [0.2, 0.25) is 17.7 Å². The predicted molar refractivity (Wildman–Crippen MR) is 283 cm³/mol. The monoisotopic (exact) mass is 1070 g/mol. The number of fused-ring (bicyclic) bond motifs is 4. The lowest BCUT2D eigenvalue weighted by Crippen LogP contribution is -2.49. The number of hydrogen-bond acceptors (Lipinski definition) is 13. The molecule has 0 bridgehead atoms. The maximum absolute atomic E-state index is 13.1. The van der Waals surface area contributed by atoms with Gasteiger partial charge in [0.25, 0.3) is 0 Å². The van der Waals surface area contributed by atoms with E-state index in [1.807, 2.05) is 0 Å². The number of aromatic nitrogens is 4. The number of phenols is 4. The van der Waals surface area contributed by atoms with E-state index in [1.165, 1.54) is 6.07 Å². The van der Waals surface area contributed by atoms with Crippen LogP contribution < -0.4 is 21.7 Å². The highest BCUT2D eigenvalue weighted by Crippen LogP contribution is 2.27. The molecule has 0 saturated heterocycles. The van der Waals surface area contributed by atoms with Crippen LogP contribution in [0.5, 0.6) is 23.0 Å². The zero-order chi connectivity index (χ0) is 55.1. The molecule has 412 valence electrons. The van der Waals surface area contributed by atoms with Gasteiger partial charge in [-0.1, -0.05) is 0 Å². The van der Waals surface area contributed by atoms with Crippen molar-refractivity contribution in [3.05, 3.63) is 120 Å². The number of H-pyrrole nitrogens is 4. The lowest BCUT2D eigenvalue weighted by atomic mass is 10.0. The van der Waals surface area contributed by atoms with Crippen molar-refractivity contribution >= 4 is 67.3 Å². The number of nitrogens with one attached hydrogen (secondary N) is 7. The molecule has 0 spiro atoms. The molecule has 21 nitrogen and oxygen atoms in total. The van der Waals surface area contributed by atoms with Gasteiger partial charge in [-0.05, 0) is 95.1 Å². The van der Waals surface area contributed by atoms with Crippen LogP contribution in [0, 0.1) is 0 Å². The van der Waals surface area contributed by atoms with Crippen molar-refractivity contribution in [2.45, 2.75) is 37.8 Å². The fourth-order valence-electron chi connectivity index (χ4n) is 8.19. The van der Waals surface area contributed by atoms with Crippen molar-refractivity contribution in [3.8, 4) is 23.0 Å². The van der Waals surface area contributed by atoms with E-state index in [0.29, 0.717) is 53.8 Å². The van der Waals surface area contributed by atoms with E-state index in [1.54, 1.807) is 91.5 Å². The molecule has 4 aromatic carbocycles. The van der Waals surface area contributed by atoms with Crippen LogP contribution in [0.4, 0.5) is 8.78 Å². The van der Waals surface area contributed by atoms with Gasteiger partial charge < -0.3 is 86.1 Å². The quantitative estimate of drug-likeness (QED) is 0.0308. The number of aromatic amines is 4. The number of rotatable bonds is 27. The number of amides is 3. The van der Waals surface area contributed by atoms with Crippen LogP contribution >= 0.6 is 0 Å². The van der Waals surface area contributed by atoms with Gasteiger partial charge in [-0.15, -0.1) is 0 Å². The summed E-state index contributed by atoms with van der Waals surface area (Å²) in [5.41, 5.74) is 11.1. The molecule has 77 heavy (non-hydrogen) atoms. The van der Waals surface area contributed by atoms with Crippen LogP contribution in [0.15, 0.2) is 97.6 Å². The van der Waals surface area contributed by atoms with Crippen molar-refractivity contribution in [1.82, 2.24) is 35.9 Å². The van der Waals surface area contributed by atoms with Crippen molar-refractivity contribution < 1.29 is 72.4 Å². The van der Waals surface area contributed by atoms with Crippen molar-refractivity contribution in [1.29, 1.82) is 0 Å². The van der Waals surface area contributed by atoms with Gasteiger partial charge in [0, 0.05) is 94.3 Å². The molecule has 4 aromatic heterocycles. The Morgan fingerprint density at radius 2 is 0.844 bits per heavy atom. The number of carboxylic acids is 1. The highest BCUT2D eigenvalue weighted by Gasteiger charge is 2.25. The first-order chi connectivity index (χ1) is 37.3. The van der Waals surface area contributed by atoms with E-state index < -0.39 is 37.3 Å². The Morgan fingerprint density at radius 1 is 0.494 bits per heavy atom. The number of benzene rings is 4. The first kappa shape index (κ1) is 58.0. The molecule has 0 saturated carbocycles. The number of alkyl halides is 2. The summed E-state index contributed by atoms with van der Waals surface area (Å²) >= 11 is 0. The second kappa shape index (κ2) is 29.8. The van der Waals surface area contributed by atoms with Crippen LogP contribution in [0.2, 0.25) is 0 Å². The first-order valence-corrected chi connectivity index (χ1v) is 24.6. The summed E-state index contributed by atoms with van der Waals surface area (Å²) in [5, 5.41) is 59.7. The lowest BCUT2D eigenvalue weighted by Gasteiger charge is -2.18. The molecule has 0 aliphatic rings. The minimum atomic E-state index is -1.15. The summed E-state index contributed by atoms with van der Waals surface area (Å²) in [6.45, 7) is 2.17. The van der Waals surface area contributed by atoms with Crippen LogP contribution in [0.1, 0.15) is 22.3 Å². The normalized spacial score (nSPS) is 11.9. The SMILES string of the molecule is NCCOCCOCCF.O=C(Cc1c[nH]c2ccc(O)cc12)N[C@@H](Cc1c[nH]c2ccc(O)cc12)C(=O)NCCOCCOCCF.O=C(Cc1c[nH]c2ccc(O)cc12)N[C@@H](Cc1c[nH]c2ccc(O)cc12)C(=O)O. The van der Waals surface area contributed by atoms with E-state index in [-0.39, 0.29) is 100 Å². The topological polar surface area (TPSA) is 332 Å². The zero-order valence-corrected chi connectivity index (χ0v) is 42.0. The number of phenolic OH excluding ortho intramolecular Hbond substituents is 4. The molecule has 3 amide bonds. The summed E-state index contributed by atoms with van der Waals surface area (Å²) in [5.74, 6) is -1.98. The maximum Gasteiger partial charge on any atom is 0.326 e. The number of aliphatic carboxylic acids is 1. The Bertz CT molecular complexity index is 3170. The Balaban J connectivity index is 0.000000217. The minimum Gasteiger partial charge on any atom is -0.508 e. The van der Waals surface area contributed by atoms with Crippen molar-refractivity contribution in [3.63, 3.8) is 0 Å². The maximum atomic E-state index is 13.1. The third kappa shape index (κ3) is 17.7. The number of hydrogen-bond donors (Lipinski definition) is 13. The number of halogens is 2. The average Bonchev–Trinajstić information content (AvgIpc) is 4.24. The fourth-order valence-corrected chi connectivity index (χ4v) is 8.19. The van der Waals surface area contributed by atoms with Gasteiger partial charge in [-0.25, -0.2) is 13.6 Å². The Labute approximate surface area is 440 Å². The van der Waals surface area contributed by atoms with Crippen molar-refractivity contribution in [2.24, 2.45) is 5.73 Å². The van der Waals surface area contributed by atoms with Crippen LogP contribution in [0.3, 0.4) is 0 Å². The summed E-state index contributed by atoms with van der Waals surface area (Å²) < 4.78 is 43.6. The number of ether oxygens (including phenoxy) is 4. The van der Waals surface area contributed by atoms with Crippen molar-refractivity contribution in [2.75, 3.05) is 79.3 Å². The van der Waals surface area contributed by atoms with Gasteiger partial charge in [0.05, 0.1) is 65.7 Å². The van der Waals surface area contributed by atoms with E-state index in [2.05, 4.69) is 35.9 Å².